The molecule has 0 saturated heterocycles. The number of hydrogen-bond donors (Lipinski definition) is 0. The van der Waals surface area contributed by atoms with Crippen LogP contribution in [-0.2, 0) is 7.05 Å². The lowest BCUT2D eigenvalue weighted by Crippen LogP contribution is -1.84. The predicted molar refractivity (Wildman–Crippen MR) is 54.9 cm³/mol. The van der Waals surface area contributed by atoms with E-state index in [1.807, 2.05) is 35.9 Å². The van der Waals surface area contributed by atoms with Crippen molar-refractivity contribution in [1.82, 2.24) is 14.5 Å². The molecule has 0 aliphatic carbocycles. The van der Waals surface area contributed by atoms with Gasteiger partial charge in [-0.25, -0.2) is 4.98 Å². The fourth-order valence-corrected chi connectivity index (χ4v) is 1.69. The maximum absolute atomic E-state index is 4.28. The van der Waals surface area contributed by atoms with Crippen molar-refractivity contribution in [1.29, 1.82) is 0 Å². The summed E-state index contributed by atoms with van der Waals surface area (Å²) in [6, 6.07) is 7.99. The van der Waals surface area contributed by atoms with Crippen LogP contribution in [0.25, 0.3) is 21.9 Å². The van der Waals surface area contributed by atoms with Crippen LogP contribution in [0.3, 0.4) is 0 Å². The van der Waals surface area contributed by atoms with E-state index >= 15 is 0 Å². The first-order valence-corrected chi connectivity index (χ1v) is 4.44. The number of fused-ring (bicyclic) bond motifs is 3. The quantitative estimate of drug-likeness (QED) is 0.531. The number of benzene rings is 1. The largest absolute Gasteiger partial charge is 0.324 e. The van der Waals surface area contributed by atoms with Crippen LogP contribution >= 0.6 is 0 Å². The summed E-state index contributed by atoms with van der Waals surface area (Å²) >= 11 is 0. The number of hydrogen-bond acceptors (Lipinski definition) is 2. The van der Waals surface area contributed by atoms with Crippen LogP contribution in [-0.4, -0.2) is 14.5 Å². The molecule has 0 fully saturated rings. The molecule has 0 aliphatic heterocycles. The lowest BCUT2D eigenvalue weighted by atomic mass is 10.2. The van der Waals surface area contributed by atoms with Crippen molar-refractivity contribution >= 4 is 21.9 Å². The molecule has 0 amide bonds. The zero-order valence-corrected chi connectivity index (χ0v) is 7.73. The minimum Gasteiger partial charge on any atom is -0.324 e. The van der Waals surface area contributed by atoms with E-state index in [9.17, 15) is 0 Å². The minimum absolute atomic E-state index is 0.970. The SMILES string of the molecule is Cn1[c]nc2c3cccnc3ccc21. The molecule has 3 nitrogen and oxygen atoms in total. The minimum atomic E-state index is 0.970. The maximum Gasteiger partial charge on any atom is 0.177 e. The van der Waals surface area contributed by atoms with Gasteiger partial charge >= 0.3 is 0 Å². The van der Waals surface area contributed by atoms with E-state index in [1.165, 1.54) is 0 Å². The molecule has 14 heavy (non-hydrogen) atoms. The molecule has 0 N–H and O–H groups in total. The summed E-state index contributed by atoms with van der Waals surface area (Å²) in [5.74, 6) is 0. The lowest BCUT2D eigenvalue weighted by molar-refractivity contribution is 0.936. The molecule has 0 aliphatic rings. The highest BCUT2D eigenvalue weighted by Crippen LogP contribution is 2.21. The molecular weight excluding hydrogens is 174 g/mol. The Kier molecular flexibility index (Phi) is 1.36. The van der Waals surface area contributed by atoms with Gasteiger partial charge in [-0.15, -0.1) is 0 Å². The van der Waals surface area contributed by atoms with E-state index in [-0.39, 0.29) is 0 Å². The van der Waals surface area contributed by atoms with Crippen molar-refractivity contribution in [2.45, 2.75) is 0 Å². The highest BCUT2D eigenvalue weighted by molar-refractivity contribution is 6.02. The smallest absolute Gasteiger partial charge is 0.177 e. The van der Waals surface area contributed by atoms with Gasteiger partial charge in [-0.1, -0.05) is 0 Å². The first-order valence-electron chi connectivity index (χ1n) is 4.44. The second-order valence-electron chi connectivity index (χ2n) is 3.27. The Morgan fingerprint density at radius 3 is 3.14 bits per heavy atom. The number of pyridine rings is 1. The van der Waals surface area contributed by atoms with Gasteiger partial charge in [0, 0.05) is 18.6 Å². The summed E-state index contributed by atoms with van der Waals surface area (Å²) in [5.41, 5.74) is 3.04. The summed E-state index contributed by atoms with van der Waals surface area (Å²) < 4.78 is 1.89. The van der Waals surface area contributed by atoms with Gasteiger partial charge in [0.1, 0.15) is 0 Å². The number of aryl methyl sites for hydroxylation is 1. The second-order valence-corrected chi connectivity index (χ2v) is 3.27. The average Bonchev–Trinajstić information content (AvgIpc) is 2.61. The van der Waals surface area contributed by atoms with Crippen LogP contribution in [0.2, 0.25) is 0 Å². The Morgan fingerprint density at radius 1 is 1.29 bits per heavy atom. The first-order chi connectivity index (χ1) is 6.86. The topological polar surface area (TPSA) is 30.7 Å². The first kappa shape index (κ1) is 7.50. The van der Waals surface area contributed by atoms with Crippen LogP contribution in [0.5, 0.6) is 0 Å². The maximum atomic E-state index is 4.28. The summed E-state index contributed by atoms with van der Waals surface area (Å²) in [6.07, 6.45) is 4.70. The summed E-state index contributed by atoms with van der Waals surface area (Å²) in [4.78, 5) is 8.52. The predicted octanol–water partition coefficient (Wildman–Crippen LogP) is 1.92. The summed E-state index contributed by atoms with van der Waals surface area (Å²) in [5, 5.41) is 1.09. The van der Waals surface area contributed by atoms with Crippen molar-refractivity contribution in [3.05, 3.63) is 36.8 Å². The zero-order valence-electron chi connectivity index (χ0n) is 7.73. The van der Waals surface area contributed by atoms with Crippen LogP contribution in [0.4, 0.5) is 0 Å². The molecule has 67 valence electrons. The molecule has 0 saturated carbocycles. The number of imidazole rings is 1. The highest BCUT2D eigenvalue weighted by atomic mass is 15.0. The number of aromatic nitrogens is 3. The zero-order chi connectivity index (χ0) is 9.54. The van der Waals surface area contributed by atoms with Crippen molar-refractivity contribution in [3.8, 4) is 0 Å². The van der Waals surface area contributed by atoms with E-state index in [2.05, 4.69) is 16.3 Å². The molecule has 3 rings (SSSR count). The van der Waals surface area contributed by atoms with Crippen LogP contribution in [0.1, 0.15) is 0 Å². The molecule has 3 aromatic rings. The lowest BCUT2D eigenvalue weighted by Gasteiger charge is -1.97. The van der Waals surface area contributed by atoms with Crippen molar-refractivity contribution < 1.29 is 0 Å². The average molecular weight is 182 g/mol. The molecule has 0 spiro atoms. The molecule has 1 radical (unpaired) electrons. The monoisotopic (exact) mass is 182 g/mol. The van der Waals surface area contributed by atoms with Gasteiger partial charge in [-0.05, 0) is 24.3 Å². The van der Waals surface area contributed by atoms with Crippen LogP contribution < -0.4 is 0 Å². The van der Waals surface area contributed by atoms with Crippen molar-refractivity contribution in [2.24, 2.45) is 7.05 Å². The van der Waals surface area contributed by atoms with Gasteiger partial charge < -0.3 is 4.57 Å². The Bertz CT molecular complexity index is 610. The molecule has 2 aromatic heterocycles. The molecule has 0 bridgehead atoms. The van der Waals surface area contributed by atoms with Gasteiger partial charge in [0.05, 0.1) is 16.6 Å². The van der Waals surface area contributed by atoms with Crippen molar-refractivity contribution in [3.63, 3.8) is 0 Å². The third-order valence-corrected chi connectivity index (χ3v) is 2.41. The molecule has 2 heterocycles. The van der Waals surface area contributed by atoms with Gasteiger partial charge in [-0.2, -0.15) is 0 Å². The standard InChI is InChI=1S/C11H8N3/c1-14-7-13-11-8-3-2-6-12-9(8)4-5-10(11)14/h2-6H,1H3. The molecular formula is C11H8N3. The van der Waals surface area contributed by atoms with E-state index in [4.69, 9.17) is 0 Å². The number of nitrogens with zero attached hydrogens (tertiary/aromatic N) is 3. The Morgan fingerprint density at radius 2 is 2.21 bits per heavy atom. The molecule has 1 aromatic carbocycles. The van der Waals surface area contributed by atoms with Gasteiger partial charge in [0.15, 0.2) is 6.33 Å². The fraction of sp³-hybridized carbons (Fsp3) is 0.0909. The Hall–Kier alpha value is -1.90. The van der Waals surface area contributed by atoms with E-state index in [1.54, 1.807) is 6.20 Å². The fourth-order valence-electron chi connectivity index (χ4n) is 1.69. The molecule has 0 unspecified atom stereocenters. The summed E-state index contributed by atoms with van der Waals surface area (Å²) in [7, 11) is 1.94. The van der Waals surface area contributed by atoms with E-state index < -0.39 is 0 Å². The third-order valence-electron chi connectivity index (χ3n) is 2.41. The van der Waals surface area contributed by atoms with Crippen LogP contribution in [0.15, 0.2) is 30.5 Å². The second kappa shape index (κ2) is 2.54. The highest BCUT2D eigenvalue weighted by Gasteiger charge is 2.04. The molecule has 0 atom stereocenters. The van der Waals surface area contributed by atoms with Crippen LogP contribution in [0, 0.1) is 6.33 Å². The van der Waals surface area contributed by atoms with E-state index in [0.717, 1.165) is 21.9 Å². The normalized spacial score (nSPS) is 11.2. The third kappa shape index (κ3) is 0.865. The molecule has 3 heteroatoms. The van der Waals surface area contributed by atoms with Gasteiger partial charge in [0.2, 0.25) is 0 Å². The summed E-state index contributed by atoms with van der Waals surface area (Å²) in [6.45, 7) is 0. The van der Waals surface area contributed by atoms with E-state index in [0.29, 0.717) is 0 Å². The van der Waals surface area contributed by atoms with Crippen molar-refractivity contribution in [2.75, 3.05) is 0 Å². The number of rotatable bonds is 0. The van der Waals surface area contributed by atoms with Gasteiger partial charge in [-0.3, -0.25) is 4.98 Å². The Balaban J connectivity index is 2.61. The van der Waals surface area contributed by atoms with Gasteiger partial charge in [0.25, 0.3) is 0 Å². The Labute approximate surface area is 81.0 Å².